The van der Waals surface area contributed by atoms with Crippen molar-refractivity contribution in [2.75, 3.05) is 31.6 Å². The summed E-state index contributed by atoms with van der Waals surface area (Å²) < 4.78 is 45.5. The average Bonchev–Trinajstić information content (AvgIpc) is 3.23. The van der Waals surface area contributed by atoms with Crippen molar-refractivity contribution in [1.82, 2.24) is 19.9 Å². The number of fused-ring (bicyclic) bond motifs is 1. The molecule has 1 fully saturated rings. The molecule has 0 aliphatic carbocycles. The molecule has 0 spiro atoms. The van der Waals surface area contributed by atoms with Gasteiger partial charge in [-0.15, -0.1) is 5.10 Å². The maximum Gasteiger partial charge on any atom is 0.416 e. The van der Waals surface area contributed by atoms with E-state index in [0.29, 0.717) is 42.7 Å². The molecule has 2 aromatic carbocycles. The lowest BCUT2D eigenvalue weighted by atomic mass is 10.0. The molecule has 0 saturated carbocycles. The summed E-state index contributed by atoms with van der Waals surface area (Å²) in [6, 6.07) is 10.0. The van der Waals surface area contributed by atoms with E-state index in [1.807, 2.05) is 4.90 Å². The molecular weight excluding hydrogens is 451 g/mol. The van der Waals surface area contributed by atoms with Crippen molar-refractivity contribution in [1.29, 1.82) is 0 Å². The number of esters is 1. The Labute approximate surface area is 193 Å². The number of halogens is 3. The molecular formula is C23H24F3N5O3. The molecule has 1 aliphatic rings. The first kappa shape index (κ1) is 23.7. The zero-order valence-electron chi connectivity index (χ0n) is 18.5. The number of hydrogen-bond acceptors (Lipinski definition) is 6. The van der Waals surface area contributed by atoms with Crippen LogP contribution in [0.4, 0.5) is 18.9 Å². The summed E-state index contributed by atoms with van der Waals surface area (Å²) >= 11 is 0. The minimum absolute atomic E-state index is 0.0118. The Morgan fingerprint density at radius 3 is 2.62 bits per heavy atom. The van der Waals surface area contributed by atoms with E-state index in [0.717, 1.165) is 12.1 Å². The van der Waals surface area contributed by atoms with Crippen LogP contribution in [-0.4, -0.2) is 58.0 Å². The number of carbonyl (C=O) groups is 2. The zero-order chi connectivity index (χ0) is 24.3. The van der Waals surface area contributed by atoms with Crippen LogP contribution in [0.25, 0.3) is 11.0 Å². The number of alkyl halides is 3. The molecule has 1 aromatic heterocycles. The van der Waals surface area contributed by atoms with E-state index in [-0.39, 0.29) is 30.6 Å². The summed E-state index contributed by atoms with van der Waals surface area (Å²) in [5.74, 6) is -0.652. The standard InChI is InChI=1S/C23H24F3N5O3/c1-2-34-22(33)15-4-3-5-17(12-15)27-21(32)14-30-10-8-18(9-11-30)31-20-7-6-16(23(24,25)26)13-19(20)28-29-31/h3-7,12-13,18H,2,8-11,14H2,1H3,(H,27,32). The molecule has 2 heterocycles. The number of likely N-dealkylation sites (tertiary alicyclic amines) is 1. The van der Waals surface area contributed by atoms with Crippen LogP contribution in [0.1, 0.15) is 41.7 Å². The smallest absolute Gasteiger partial charge is 0.416 e. The molecule has 180 valence electrons. The van der Waals surface area contributed by atoms with Crippen LogP contribution >= 0.6 is 0 Å². The van der Waals surface area contributed by atoms with Crippen LogP contribution in [0.5, 0.6) is 0 Å². The minimum atomic E-state index is -4.43. The van der Waals surface area contributed by atoms with E-state index in [1.54, 1.807) is 35.9 Å². The number of nitrogens with zero attached hydrogens (tertiary/aromatic N) is 4. The first-order chi connectivity index (χ1) is 16.2. The lowest BCUT2D eigenvalue weighted by molar-refractivity contribution is -0.137. The van der Waals surface area contributed by atoms with Crippen molar-refractivity contribution in [3.63, 3.8) is 0 Å². The second kappa shape index (κ2) is 9.80. The van der Waals surface area contributed by atoms with E-state index in [1.165, 1.54) is 6.07 Å². The van der Waals surface area contributed by atoms with Gasteiger partial charge in [0.2, 0.25) is 5.91 Å². The molecule has 1 N–H and O–H groups in total. The maximum absolute atomic E-state index is 12.9. The maximum atomic E-state index is 12.9. The highest BCUT2D eigenvalue weighted by Crippen LogP contribution is 2.32. The van der Waals surface area contributed by atoms with Gasteiger partial charge in [0.25, 0.3) is 0 Å². The Hall–Kier alpha value is -3.47. The third-order valence-corrected chi connectivity index (χ3v) is 5.73. The van der Waals surface area contributed by atoms with Crippen molar-refractivity contribution in [2.45, 2.75) is 32.0 Å². The largest absolute Gasteiger partial charge is 0.462 e. The summed E-state index contributed by atoms with van der Waals surface area (Å²) in [4.78, 5) is 26.4. The van der Waals surface area contributed by atoms with Gasteiger partial charge >= 0.3 is 12.1 Å². The fraction of sp³-hybridized carbons (Fsp3) is 0.391. The molecule has 4 rings (SSSR count). The predicted octanol–water partition coefficient (Wildman–Crippen LogP) is 3.90. The first-order valence-electron chi connectivity index (χ1n) is 11.0. The van der Waals surface area contributed by atoms with Gasteiger partial charge in [0.05, 0.1) is 35.8 Å². The molecule has 1 aliphatic heterocycles. The third-order valence-electron chi connectivity index (χ3n) is 5.73. The molecule has 8 nitrogen and oxygen atoms in total. The Bertz CT molecular complexity index is 1190. The van der Waals surface area contributed by atoms with Crippen LogP contribution < -0.4 is 5.32 Å². The quantitative estimate of drug-likeness (QED) is 0.544. The molecule has 0 unspecified atom stereocenters. The van der Waals surface area contributed by atoms with Gasteiger partial charge in [-0.2, -0.15) is 13.2 Å². The minimum Gasteiger partial charge on any atom is -0.462 e. The van der Waals surface area contributed by atoms with Gasteiger partial charge < -0.3 is 10.1 Å². The molecule has 0 atom stereocenters. The predicted molar refractivity (Wildman–Crippen MR) is 118 cm³/mol. The Balaban J connectivity index is 1.32. The number of piperidine rings is 1. The van der Waals surface area contributed by atoms with E-state index < -0.39 is 17.7 Å². The first-order valence-corrected chi connectivity index (χ1v) is 11.0. The van der Waals surface area contributed by atoms with Crippen molar-refractivity contribution in [3.8, 4) is 0 Å². The molecule has 11 heteroatoms. The van der Waals surface area contributed by atoms with Crippen molar-refractivity contribution in [2.24, 2.45) is 0 Å². The Morgan fingerprint density at radius 1 is 1.15 bits per heavy atom. The second-order valence-electron chi connectivity index (χ2n) is 8.09. The van der Waals surface area contributed by atoms with Crippen molar-refractivity contribution in [3.05, 3.63) is 53.6 Å². The van der Waals surface area contributed by atoms with Crippen LogP contribution in [-0.2, 0) is 15.7 Å². The van der Waals surface area contributed by atoms with Gasteiger partial charge in [0.1, 0.15) is 5.52 Å². The number of hydrogen-bond donors (Lipinski definition) is 1. The Kier molecular flexibility index (Phi) is 6.82. The number of amides is 1. The van der Waals surface area contributed by atoms with Crippen LogP contribution in [0.3, 0.4) is 0 Å². The number of rotatable bonds is 6. The number of benzene rings is 2. The highest BCUT2D eigenvalue weighted by Gasteiger charge is 2.31. The van der Waals surface area contributed by atoms with Gasteiger partial charge in [0, 0.05) is 18.8 Å². The lowest BCUT2D eigenvalue weighted by Gasteiger charge is -2.31. The summed E-state index contributed by atoms with van der Waals surface area (Å²) in [5, 5.41) is 10.8. The SMILES string of the molecule is CCOC(=O)c1cccc(NC(=O)CN2CCC(n3nnc4cc(C(F)(F)F)ccc43)CC2)c1. The highest BCUT2D eigenvalue weighted by atomic mass is 19.4. The monoisotopic (exact) mass is 475 g/mol. The molecule has 3 aromatic rings. The molecule has 0 bridgehead atoms. The number of aromatic nitrogens is 3. The van der Waals surface area contributed by atoms with Crippen molar-refractivity contribution < 1.29 is 27.5 Å². The number of anilines is 1. The zero-order valence-corrected chi connectivity index (χ0v) is 18.5. The van der Waals surface area contributed by atoms with Crippen molar-refractivity contribution >= 4 is 28.6 Å². The van der Waals surface area contributed by atoms with Gasteiger partial charge in [-0.3, -0.25) is 9.69 Å². The second-order valence-corrected chi connectivity index (χ2v) is 8.09. The fourth-order valence-electron chi connectivity index (χ4n) is 4.05. The van der Waals surface area contributed by atoms with Crippen LogP contribution in [0.15, 0.2) is 42.5 Å². The third kappa shape index (κ3) is 5.36. The number of ether oxygens (including phenoxy) is 1. The van der Waals surface area contributed by atoms with E-state index >= 15 is 0 Å². The van der Waals surface area contributed by atoms with Crippen LogP contribution in [0, 0.1) is 0 Å². The molecule has 1 amide bonds. The lowest BCUT2D eigenvalue weighted by Crippen LogP contribution is -2.39. The van der Waals surface area contributed by atoms with Gasteiger partial charge in [-0.25, -0.2) is 9.48 Å². The van der Waals surface area contributed by atoms with E-state index in [9.17, 15) is 22.8 Å². The average molecular weight is 475 g/mol. The van der Waals surface area contributed by atoms with Gasteiger partial charge in [-0.05, 0) is 56.2 Å². The Morgan fingerprint density at radius 2 is 1.91 bits per heavy atom. The summed E-state index contributed by atoms with van der Waals surface area (Å²) in [5.41, 5.74) is 0.897. The summed E-state index contributed by atoms with van der Waals surface area (Å²) in [6.07, 6.45) is -3.06. The van der Waals surface area contributed by atoms with E-state index in [4.69, 9.17) is 4.74 Å². The molecule has 0 radical (unpaired) electrons. The number of nitrogens with one attached hydrogen (secondary N) is 1. The topological polar surface area (TPSA) is 89.4 Å². The van der Waals surface area contributed by atoms with Gasteiger partial charge in [-0.1, -0.05) is 11.3 Å². The number of carbonyl (C=O) groups excluding carboxylic acids is 2. The fourth-order valence-corrected chi connectivity index (χ4v) is 4.05. The van der Waals surface area contributed by atoms with E-state index in [2.05, 4.69) is 15.6 Å². The van der Waals surface area contributed by atoms with Crippen LogP contribution in [0.2, 0.25) is 0 Å². The summed E-state index contributed by atoms with van der Waals surface area (Å²) in [6.45, 7) is 3.43. The molecule has 34 heavy (non-hydrogen) atoms. The van der Waals surface area contributed by atoms with Gasteiger partial charge in [0.15, 0.2) is 0 Å². The molecule has 1 saturated heterocycles. The normalized spacial score (nSPS) is 15.4. The highest BCUT2D eigenvalue weighted by molar-refractivity contribution is 5.95. The summed E-state index contributed by atoms with van der Waals surface area (Å²) in [7, 11) is 0.